The number of likely N-dealkylation sites (tertiary alicyclic amines) is 1. The highest BCUT2D eigenvalue weighted by Crippen LogP contribution is 2.24. The van der Waals surface area contributed by atoms with E-state index in [2.05, 4.69) is 17.1 Å². The number of hydrogen-bond donors (Lipinski definition) is 1. The molecule has 1 aliphatic heterocycles. The molecule has 1 amide bonds. The molecule has 32 heavy (non-hydrogen) atoms. The Balaban J connectivity index is 1.64. The predicted molar refractivity (Wildman–Crippen MR) is 127 cm³/mol. The number of nitrogens with one attached hydrogen (secondary N) is 1. The van der Waals surface area contributed by atoms with E-state index in [1.165, 1.54) is 42.7 Å². The maximum absolute atomic E-state index is 13.1. The summed E-state index contributed by atoms with van der Waals surface area (Å²) in [6.45, 7) is 5.89. The molecule has 1 unspecified atom stereocenters. The van der Waals surface area contributed by atoms with Crippen LogP contribution in [0.15, 0.2) is 53.4 Å². The molecule has 1 atom stereocenters. The van der Waals surface area contributed by atoms with Crippen LogP contribution in [0, 0.1) is 5.92 Å². The van der Waals surface area contributed by atoms with Crippen molar-refractivity contribution in [2.24, 2.45) is 5.92 Å². The van der Waals surface area contributed by atoms with E-state index < -0.39 is 10.0 Å². The molecule has 1 aliphatic rings. The predicted octanol–water partition coefficient (Wildman–Crippen LogP) is 3.37. The molecule has 7 nitrogen and oxygen atoms in total. The van der Waals surface area contributed by atoms with Gasteiger partial charge in [0.2, 0.25) is 0 Å². The van der Waals surface area contributed by atoms with E-state index in [-0.39, 0.29) is 10.8 Å². The molecule has 0 aliphatic carbocycles. The fourth-order valence-corrected chi connectivity index (χ4v) is 5.15. The number of methoxy groups -OCH3 is 1. The zero-order valence-corrected chi connectivity index (χ0v) is 19.9. The van der Waals surface area contributed by atoms with Gasteiger partial charge in [-0.3, -0.25) is 9.10 Å². The van der Waals surface area contributed by atoms with Crippen molar-refractivity contribution in [1.82, 2.24) is 10.2 Å². The van der Waals surface area contributed by atoms with E-state index in [9.17, 15) is 13.2 Å². The van der Waals surface area contributed by atoms with Crippen LogP contribution in [0.2, 0.25) is 0 Å². The fraction of sp³-hybridized carbons (Fsp3) is 0.458. The lowest BCUT2D eigenvalue weighted by atomic mass is 10.1. The number of piperidine rings is 1. The number of sulfonamides is 1. The standard InChI is InChI=1S/C24H33N3O4S/c1-19(18-27-14-5-4-6-15-27)17-25-24(28)20-8-7-9-23(16-20)32(29,30)26(2)21-10-12-22(31-3)13-11-21/h7-13,16,19H,4-6,14-15,17-18H2,1-3H3,(H,25,28). The average molecular weight is 460 g/mol. The number of benzene rings is 2. The number of hydrogen-bond acceptors (Lipinski definition) is 5. The van der Waals surface area contributed by atoms with Crippen molar-refractivity contribution in [3.63, 3.8) is 0 Å². The van der Waals surface area contributed by atoms with Gasteiger partial charge < -0.3 is 15.0 Å². The van der Waals surface area contributed by atoms with E-state index in [0.717, 1.165) is 19.6 Å². The van der Waals surface area contributed by atoms with Crippen molar-refractivity contribution in [1.29, 1.82) is 0 Å². The molecule has 8 heteroatoms. The molecule has 3 rings (SSSR count). The van der Waals surface area contributed by atoms with Crippen LogP contribution >= 0.6 is 0 Å². The third kappa shape index (κ3) is 6.01. The molecular formula is C24H33N3O4S. The molecule has 1 saturated heterocycles. The summed E-state index contributed by atoms with van der Waals surface area (Å²) >= 11 is 0. The third-order valence-electron chi connectivity index (χ3n) is 5.82. The van der Waals surface area contributed by atoms with E-state index >= 15 is 0 Å². The second-order valence-corrected chi connectivity index (χ2v) is 10.3. The summed E-state index contributed by atoms with van der Waals surface area (Å²) < 4.78 is 32.5. The smallest absolute Gasteiger partial charge is 0.264 e. The molecule has 0 saturated carbocycles. The van der Waals surface area contributed by atoms with Crippen molar-refractivity contribution in [2.75, 3.05) is 44.6 Å². The number of amides is 1. The van der Waals surface area contributed by atoms with Crippen molar-refractivity contribution in [2.45, 2.75) is 31.1 Å². The Morgan fingerprint density at radius 2 is 1.81 bits per heavy atom. The van der Waals surface area contributed by atoms with Crippen LogP contribution in [0.1, 0.15) is 36.5 Å². The summed E-state index contributed by atoms with van der Waals surface area (Å²) in [6.07, 6.45) is 3.78. The number of nitrogens with zero attached hydrogens (tertiary/aromatic N) is 2. The van der Waals surface area contributed by atoms with Gasteiger partial charge in [0.05, 0.1) is 17.7 Å². The normalized spacial score (nSPS) is 15.7. The minimum Gasteiger partial charge on any atom is -0.497 e. The van der Waals surface area contributed by atoms with Crippen LogP contribution < -0.4 is 14.4 Å². The summed E-state index contributed by atoms with van der Waals surface area (Å²) in [6, 6.07) is 12.9. The maximum Gasteiger partial charge on any atom is 0.264 e. The topological polar surface area (TPSA) is 78.9 Å². The molecule has 2 aromatic carbocycles. The molecule has 1 heterocycles. The summed E-state index contributed by atoms with van der Waals surface area (Å²) in [5, 5.41) is 2.95. The number of carbonyl (C=O) groups is 1. The number of ether oxygens (including phenoxy) is 1. The molecule has 1 N–H and O–H groups in total. The average Bonchev–Trinajstić information content (AvgIpc) is 2.82. The Labute approximate surface area is 191 Å². The van der Waals surface area contributed by atoms with Gasteiger partial charge in [-0.2, -0.15) is 0 Å². The molecule has 0 radical (unpaired) electrons. The number of anilines is 1. The fourth-order valence-electron chi connectivity index (χ4n) is 3.90. The zero-order valence-electron chi connectivity index (χ0n) is 19.1. The first kappa shape index (κ1) is 24.1. The molecule has 174 valence electrons. The van der Waals surface area contributed by atoms with Crippen LogP contribution in [-0.4, -0.2) is 59.6 Å². The summed E-state index contributed by atoms with van der Waals surface area (Å²) in [7, 11) is -0.764. The molecule has 1 fully saturated rings. The van der Waals surface area contributed by atoms with Crippen LogP contribution in [0.5, 0.6) is 5.75 Å². The number of carbonyl (C=O) groups excluding carboxylic acids is 1. The van der Waals surface area contributed by atoms with Crippen molar-refractivity contribution in [3.8, 4) is 5.75 Å². The Morgan fingerprint density at radius 1 is 1.12 bits per heavy atom. The Bertz CT molecular complexity index is 1000. The second-order valence-electron chi connectivity index (χ2n) is 8.37. The summed E-state index contributed by atoms with van der Waals surface area (Å²) in [5.74, 6) is 0.706. The van der Waals surface area contributed by atoms with Crippen molar-refractivity contribution in [3.05, 3.63) is 54.1 Å². The first-order valence-corrected chi connectivity index (χ1v) is 12.5. The highest BCUT2D eigenvalue weighted by molar-refractivity contribution is 7.92. The molecular weight excluding hydrogens is 426 g/mol. The lowest BCUT2D eigenvalue weighted by Gasteiger charge is -2.29. The van der Waals surface area contributed by atoms with Crippen LogP contribution in [0.25, 0.3) is 0 Å². The minimum absolute atomic E-state index is 0.0739. The van der Waals surface area contributed by atoms with Gasteiger partial charge in [0, 0.05) is 25.7 Å². The minimum atomic E-state index is -3.81. The van der Waals surface area contributed by atoms with Gasteiger partial charge in [-0.25, -0.2) is 8.42 Å². The van der Waals surface area contributed by atoms with E-state index in [1.54, 1.807) is 43.5 Å². The van der Waals surface area contributed by atoms with Crippen LogP contribution in [0.4, 0.5) is 5.69 Å². The SMILES string of the molecule is COc1ccc(N(C)S(=O)(=O)c2cccc(C(=O)NCC(C)CN3CCCCC3)c2)cc1. The summed E-state index contributed by atoms with van der Waals surface area (Å²) in [4.78, 5) is 15.2. The van der Waals surface area contributed by atoms with E-state index in [0.29, 0.717) is 29.5 Å². The van der Waals surface area contributed by atoms with Gasteiger partial charge in [-0.15, -0.1) is 0 Å². The Kier molecular flexibility index (Phi) is 8.15. The first-order valence-electron chi connectivity index (χ1n) is 11.0. The van der Waals surface area contributed by atoms with Crippen LogP contribution in [-0.2, 0) is 10.0 Å². The third-order valence-corrected chi connectivity index (χ3v) is 7.60. The Hall–Kier alpha value is -2.58. The van der Waals surface area contributed by atoms with Gasteiger partial charge in [0.25, 0.3) is 15.9 Å². The maximum atomic E-state index is 13.1. The first-order chi connectivity index (χ1) is 15.3. The molecule has 0 bridgehead atoms. The van der Waals surface area contributed by atoms with Crippen molar-refractivity contribution < 1.29 is 17.9 Å². The zero-order chi connectivity index (χ0) is 23.1. The lowest BCUT2D eigenvalue weighted by Crippen LogP contribution is -2.38. The monoisotopic (exact) mass is 459 g/mol. The quantitative estimate of drug-likeness (QED) is 0.622. The van der Waals surface area contributed by atoms with E-state index in [4.69, 9.17) is 4.74 Å². The lowest BCUT2D eigenvalue weighted by molar-refractivity contribution is 0.0942. The Morgan fingerprint density at radius 3 is 2.47 bits per heavy atom. The van der Waals surface area contributed by atoms with Gasteiger partial charge in [0.15, 0.2) is 0 Å². The molecule has 2 aromatic rings. The molecule has 0 aromatic heterocycles. The van der Waals surface area contributed by atoms with Gasteiger partial charge in [-0.05, 0) is 74.3 Å². The largest absolute Gasteiger partial charge is 0.497 e. The van der Waals surface area contributed by atoms with E-state index in [1.807, 2.05) is 0 Å². The highest BCUT2D eigenvalue weighted by Gasteiger charge is 2.23. The highest BCUT2D eigenvalue weighted by atomic mass is 32.2. The van der Waals surface area contributed by atoms with Gasteiger partial charge in [-0.1, -0.05) is 19.4 Å². The molecule has 0 spiro atoms. The number of rotatable bonds is 9. The second kappa shape index (κ2) is 10.8. The van der Waals surface area contributed by atoms with Crippen molar-refractivity contribution >= 4 is 21.6 Å². The van der Waals surface area contributed by atoms with Gasteiger partial charge >= 0.3 is 0 Å². The summed E-state index contributed by atoms with van der Waals surface area (Å²) in [5.41, 5.74) is 0.839. The van der Waals surface area contributed by atoms with Crippen LogP contribution in [0.3, 0.4) is 0 Å². The van der Waals surface area contributed by atoms with Gasteiger partial charge in [0.1, 0.15) is 5.75 Å².